The van der Waals surface area contributed by atoms with Crippen LogP contribution in [-0.2, 0) is 5.41 Å². The van der Waals surface area contributed by atoms with Crippen molar-refractivity contribution in [2.24, 2.45) is 10.7 Å². The monoisotopic (exact) mass is 311 g/mol. The molecule has 0 heterocycles. The Morgan fingerprint density at radius 2 is 1.89 bits per heavy atom. The molecule has 3 nitrogen and oxygen atoms in total. The van der Waals surface area contributed by atoms with Crippen LogP contribution >= 0.6 is 15.9 Å². The van der Waals surface area contributed by atoms with Gasteiger partial charge in [0.25, 0.3) is 0 Å². The van der Waals surface area contributed by atoms with Crippen molar-refractivity contribution in [3.05, 3.63) is 34.3 Å². The molecule has 0 radical (unpaired) electrons. The molecule has 0 aliphatic heterocycles. The zero-order valence-corrected chi connectivity index (χ0v) is 13.1. The molecule has 0 saturated carbocycles. The number of nitrogens with one attached hydrogen (secondary N) is 1. The first-order chi connectivity index (χ1) is 8.31. The number of halogens is 1. The zero-order valence-electron chi connectivity index (χ0n) is 11.5. The number of aliphatic imine (C=N–C) groups is 1. The van der Waals surface area contributed by atoms with Crippen LogP contribution < -0.4 is 11.1 Å². The van der Waals surface area contributed by atoms with Crippen molar-refractivity contribution in [2.75, 3.05) is 6.54 Å². The Morgan fingerprint density at radius 1 is 1.33 bits per heavy atom. The fraction of sp³-hybridized carbons (Fsp3) is 0.500. The van der Waals surface area contributed by atoms with E-state index >= 15 is 0 Å². The average molecular weight is 312 g/mol. The van der Waals surface area contributed by atoms with E-state index < -0.39 is 0 Å². The van der Waals surface area contributed by atoms with E-state index in [-0.39, 0.29) is 5.41 Å². The number of guanidine groups is 1. The lowest BCUT2D eigenvalue weighted by molar-refractivity contribution is 0.537. The van der Waals surface area contributed by atoms with Crippen LogP contribution in [0, 0.1) is 0 Å². The fourth-order valence-electron chi connectivity index (χ4n) is 1.62. The van der Waals surface area contributed by atoms with Gasteiger partial charge in [0.15, 0.2) is 5.96 Å². The lowest BCUT2D eigenvalue weighted by atomic mass is 9.85. The van der Waals surface area contributed by atoms with E-state index in [1.165, 1.54) is 5.56 Å². The third kappa shape index (κ3) is 4.69. The first-order valence-corrected chi connectivity index (χ1v) is 6.93. The van der Waals surface area contributed by atoms with Crippen LogP contribution in [0.25, 0.3) is 0 Å². The second-order valence-electron chi connectivity index (χ2n) is 5.39. The summed E-state index contributed by atoms with van der Waals surface area (Å²) >= 11 is 3.44. The van der Waals surface area contributed by atoms with Gasteiger partial charge in [-0.3, -0.25) is 4.99 Å². The standard InChI is InChI=1S/C14H22BrN3/c1-10(2)18-13(16)17-9-14(3,4)11-5-7-12(15)8-6-11/h5-8,10H,9H2,1-4H3,(H3,16,17,18). The van der Waals surface area contributed by atoms with Crippen molar-refractivity contribution >= 4 is 21.9 Å². The van der Waals surface area contributed by atoms with Crippen molar-refractivity contribution in [3.8, 4) is 0 Å². The molecule has 1 rings (SSSR count). The number of nitrogens with zero attached hydrogens (tertiary/aromatic N) is 1. The third-order valence-corrected chi connectivity index (χ3v) is 3.24. The largest absolute Gasteiger partial charge is 0.370 e. The fourth-order valence-corrected chi connectivity index (χ4v) is 1.88. The Labute approximate surface area is 118 Å². The van der Waals surface area contributed by atoms with Gasteiger partial charge in [-0.1, -0.05) is 41.9 Å². The summed E-state index contributed by atoms with van der Waals surface area (Å²) in [5.41, 5.74) is 7.05. The minimum atomic E-state index is -0.0238. The molecule has 1 aromatic carbocycles. The highest BCUT2D eigenvalue weighted by Gasteiger charge is 2.20. The third-order valence-electron chi connectivity index (χ3n) is 2.71. The van der Waals surface area contributed by atoms with Crippen molar-refractivity contribution in [2.45, 2.75) is 39.2 Å². The number of rotatable bonds is 4. The van der Waals surface area contributed by atoms with Crippen LogP contribution in [-0.4, -0.2) is 18.5 Å². The number of hydrogen-bond donors (Lipinski definition) is 2. The van der Waals surface area contributed by atoms with Crippen LogP contribution in [0.2, 0.25) is 0 Å². The maximum atomic E-state index is 5.82. The Bertz CT molecular complexity index is 408. The molecular formula is C14H22BrN3. The van der Waals surface area contributed by atoms with Crippen molar-refractivity contribution in [3.63, 3.8) is 0 Å². The van der Waals surface area contributed by atoms with Gasteiger partial charge in [0.2, 0.25) is 0 Å². The maximum Gasteiger partial charge on any atom is 0.188 e. The molecule has 0 bridgehead atoms. The molecular weight excluding hydrogens is 290 g/mol. The summed E-state index contributed by atoms with van der Waals surface area (Å²) in [6.45, 7) is 9.09. The predicted octanol–water partition coefficient (Wildman–Crippen LogP) is 3.04. The quantitative estimate of drug-likeness (QED) is 0.663. The molecule has 0 spiro atoms. The van der Waals surface area contributed by atoms with Gasteiger partial charge in [0, 0.05) is 15.9 Å². The number of benzene rings is 1. The molecule has 0 fully saturated rings. The summed E-state index contributed by atoms with van der Waals surface area (Å²) < 4.78 is 1.09. The van der Waals surface area contributed by atoms with Gasteiger partial charge in [-0.25, -0.2) is 0 Å². The van der Waals surface area contributed by atoms with E-state index in [2.05, 4.69) is 64.4 Å². The van der Waals surface area contributed by atoms with Gasteiger partial charge < -0.3 is 11.1 Å². The summed E-state index contributed by atoms with van der Waals surface area (Å²) in [5, 5.41) is 3.10. The minimum Gasteiger partial charge on any atom is -0.370 e. The average Bonchev–Trinajstić information content (AvgIpc) is 2.26. The maximum absolute atomic E-state index is 5.82. The summed E-state index contributed by atoms with van der Waals surface area (Å²) in [5.74, 6) is 0.509. The molecule has 100 valence electrons. The molecule has 0 amide bonds. The van der Waals surface area contributed by atoms with E-state index in [1.54, 1.807) is 0 Å². The summed E-state index contributed by atoms with van der Waals surface area (Å²) in [4.78, 5) is 4.41. The van der Waals surface area contributed by atoms with Gasteiger partial charge in [-0.05, 0) is 31.5 Å². The van der Waals surface area contributed by atoms with Crippen molar-refractivity contribution in [1.82, 2.24) is 5.32 Å². The van der Waals surface area contributed by atoms with Gasteiger partial charge in [-0.2, -0.15) is 0 Å². The number of nitrogens with two attached hydrogens (primary N) is 1. The lowest BCUT2D eigenvalue weighted by Gasteiger charge is -2.23. The molecule has 0 aliphatic carbocycles. The molecule has 0 aromatic heterocycles. The smallest absolute Gasteiger partial charge is 0.188 e. The molecule has 0 aliphatic rings. The summed E-state index contributed by atoms with van der Waals surface area (Å²) in [6, 6.07) is 8.65. The van der Waals surface area contributed by atoms with E-state index in [1.807, 2.05) is 13.8 Å². The molecule has 0 unspecified atom stereocenters. The first-order valence-electron chi connectivity index (χ1n) is 6.14. The van der Waals surface area contributed by atoms with Crippen molar-refractivity contribution in [1.29, 1.82) is 0 Å². The highest BCUT2D eigenvalue weighted by atomic mass is 79.9. The van der Waals surface area contributed by atoms with Crippen LogP contribution in [0.4, 0.5) is 0 Å². The highest BCUT2D eigenvalue weighted by molar-refractivity contribution is 9.10. The highest BCUT2D eigenvalue weighted by Crippen LogP contribution is 2.24. The van der Waals surface area contributed by atoms with E-state index in [0.717, 1.165) is 4.47 Å². The van der Waals surface area contributed by atoms with E-state index in [9.17, 15) is 0 Å². The summed E-state index contributed by atoms with van der Waals surface area (Å²) in [7, 11) is 0. The molecule has 1 aromatic rings. The molecule has 4 heteroatoms. The number of hydrogen-bond acceptors (Lipinski definition) is 1. The molecule has 0 atom stereocenters. The lowest BCUT2D eigenvalue weighted by Crippen LogP contribution is -2.38. The van der Waals surface area contributed by atoms with Crippen molar-refractivity contribution < 1.29 is 0 Å². The van der Waals surface area contributed by atoms with Crippen LogP contribution in [0.5, 0.6) is 0 Å². The van der Waals surface area contributed by atoms with Crippen LogP contribution in [0.3, 0.4) is 0 Å². The van der Waals surface area contributed by atoms with Crippen LogP contribution in [0.15, 0.2) is 33.7 Å². The predicted molar refractivity (Wildman–Crippen MR) is 81.9 cm³/mol. The second kappa shape index (κ2) is 6.23. The SMILES string of the molecule is CC(C)NC(N)=NCC(C)(C)c1ccc(Br)cc1. The normalized spacial score (nSPS) is 12.9. The Morgan fingerprint density at radius 3 is 2.39 bits per heavy atom. The van der Waals surface area contributed by atoms with Crippen LogP contribution in [0.1, 0.15) is 33.3 Å². The Balaban J connectivity index is 2.72. The Hall–Kier alpha value is -1.03. The second-order valence-corrected chi connectivity index (χ2v) is 6.31. The van der Waals surface area contributed by atoms with E-state index in [0.29, 0.717) is 18.5 Å². The topological polar surface area (TPSA) is 50.4 Å². The zero-order chi connectivity index (χ0) is 13.8. The molecule has 18 heavy (non-hydrogen) atoms. The minimum absolute atomic E-state index is 0.0238. The molecule has 0 saturated heterocycles. The Kier molecular flexibility index (Phi) is 5.20. The van der Waals surface area contributed by atoms with Gasteiger partial charge in [0.05, 0.1) is 6.54 Å². The van der Waals surface area contributed by atoms with Gasteiger partial charge >= 0.3 is 0 Å². The first kappa shape index (κ1) is 15.0. The molecule has 3 N–H and O–H groups in total. The van der Waals surface area contributed by atoms with E-state index in [4.69, 9.17) is 5.73 Å². The van der Waals surface area contributed by atoms with Gasteiger partial charge in [-0.15, -0.1) is 0 Å². The summed E-state index contributed by atoms with van der Waals surface area (Å²) in [6.07, 6.45) is 0. The van der Waals surface area contributed by atoms with Gasteiger partial charge in [0.1, 0.15) is 0 Å².